The Hall–Kier alpha value is -2.60. The quantitative estimate of drug-likeness (QED) is 0.762. The molecule has 160 valence electrons. The van der Waals surface area contributed by atoms with Crippen molar-refractivity contribution in [2.75, 3.05) is 40.3 Å². The third-order valence-corrected chi connectivity index (χ3v) is 6.41. The molecule has 2 aliphatic rings. The summed E-state index contributed by atoms with van der Waals surface area (Å²) in [7, 11) is 3.53. The van der Waals surface area contributed by atoms with Gasteiger partial charge in [0.25, 0.3) is 5.56 Å². The van der Waals surface area contributed by atoms with Gasteiger partial charge in [-0.15, -0.1) is 0 Å². The third kappa shape index (κ3) is 3.88. The van der Waals surface area contributed by atoms with Crippen molar-refractivity contribution in [2.24, 2.45) is 5.92 Å². The van der Waals surface area contributed by atoms with Crippen LogP contribution in [0.4, 0.5) is 0 Å². The number of benzene rings is 1. The second kappa shape index (κ2) is 8.26. The molecule has 0 aliphatic carbocycles. The van der Waals surface area contributed by atoms with Crippen LogP contribution in [-0.4, -0.2) is 60.6 Å². The number of piperidine rings is 1. The van der Waals surface area contributed by atoms with Gasteiger partial charge in [-0.3, -0.25) is 19.1 Å². The van der Waals surface area contributed by atoms with Crippen molar-refractivity contribution in [3.63, 3.8) is 0 Å². The molecule has 0 unspecified atom stereocenters. The fraction of sp³-hybridized carbons (Fsp3) is 0.500. The van der Waals surface area contributed by atoms with E-state index in [1.165, 1.54) is 5.56 Å². The number of pyridine rings is 1. The van der Waals surface area contributed by atoms with E-state index in [9.17, 15) is 9.59 Å². The summed E-state index contributed by atoms with van der Waals surface area (Å²) >= 11 is 0. The number of aromatic nitrogens is 1. The van der Waals surface area contributed by atoms with Crippen LogP contribution in [0.3, 0.4) is 0 Å². The number of carbonyl (C=O) groups excluding carboxylic acids is 1. The van der Waals surface area contributed by atoms with E-state index >= 15 is 0 Å². The van der Waals surface area contributed by atoms with Gasteiger partial charge in [0.05, 0.1) is 0 Å². The molecule has 0 radical (unpaired) electrons. The molecule has 1 aromatic heterocycles. The van der Waals surface area contributed by atoms with Crippen LogP contribution < -0.4 is 10.3 Å². The van der Waals surface area contributed by atoms with Gasteiger partial charge in [0.15, 0.2) is 0 Å². The van der Waals surface area contributed by atoms with Crippen molar-refractivity contribution >= 4 is 5.91 Å². The highest BCUT2D eigenvalue weighted by atomic mass is 16.5. The standard InChI is InChI=1S/C24H31N3O3/c1-16-8-9-21(17(2)12-16)30-11-10-26-14-18-13-19(15-26)23(24(29)25(3)4)27-20(18)6-5-7-22(27)28/h5-9,12,18-19,23H,10-11,13-15H2,1-4H3/t18-,19+,23-/m1/s1. The summed E-state index contributed by atoms with van der Waals surface area (Å²) in [5.74, 6) is 1.33. The van der Waals surface area contributed by atoms with Crippen molar-refractivity contribution in [2.45, 2.75) is 32.2 Å². The van der Waals surface area contributed by atoms with Gasteiger partial charge < -0.3 is 9.64 Å². The minimum absolute atomic E-state index is 0.00128. The van der Waals surface area contributed by atoms with E-state index in [2.05, 4.69) is 30.9 Å². The maximum absolute atomic E-state index is 13.0. The fourth-order valence-electron chi connectivity index (χ4n) is 5.04. The molecule has 1 amide bonds. The molecule has 2 aliphatic heterocycles. The Morgan fingerprint density at radius 2 is 1.97 bits per heavy atom. The maximum Gasteiger partial charge on any atom is 0.251 e. The van der Waals surface area contributed by atoms with E-state index in [4.69, 9.17) is 4.74 Å². The van der Waals surface area contributed by atoms with E-state index in [-0.39, 0.29) is 23.3 Å². The normalized spacial score (nSPS) is 23.0. The maximum atomic E-state index is 13.0. The fourth-order valence-corrected chi connectivity index (χ4v) is 5.04. The molecule has 6 nitrogen and oxygen atoms in total. The summed E-state index contributed by atoms with van der Waals surface area (Å²) in [4.78, 5) is 29.7. The van der Waals surface area contributed by atoms with E-state index in [1.54, 1.807) is 29.6 Å². The first-order valence-corrected chi connectivity index (χ1v) is 10.7. The van der Waals surface area contributed by atoms with Gasteiger partial charge in [0, 0.05) is 57.3 Å². The number of nitrogens with zero attached hydrogens (tertiary/aromatic N) is 3. The molecule has 0 saturated carbocycles. The average Bonchev–Trinajstić information content (AvgIpc) is 2.70. The van der Waals surface area contributed by atoms with Crippen LogP contribution in [0.15, 0.2) is 41.2 Å². The van der Waals surface area contributed by atoms with Crippen molar-refractivity contribution < 1.29 is 9.53 Å². The molecular weight excluding hydrogens is 378 g/mol. The molecule has 0 spiro atoms. The summed E-state index contributed by atoms with van der Waals surface area (Å²) < 4.78 is 7.80. The first-order valence-electron chi connectivity index (χ1n) is 10.7. The highest BCUT2D eigenvalue weighted by Gasteiger charge is 2.44. The Morgan fingerprint density at radius 1 is 1.17 bits per heavy atom. The number of carbonyl (C=O) groups is 1. The minimum Gasteiger partial charge on any atom is -0.492 e. The summed E-state index contributed by atoms with van der Waals surface area (Å²) in [5.41, 5.74) is 3.29. The van der Waals surface area contributed by atoms with Crippen LogP contribution in [0.5, 0.6) is 5.75 Å². The van der Waals surface area contributed by atoms with Gasteiger partial charge in [-0.05, 0) is 38.0 Å². The van der Waals surface area contributed by atoms with Gasteiger partial charge in [-0.25, -0.2) is 0 Å². The Balaban J connectivity index is 1.51. The molecule has 30 heavy (non-hydrogen) atoms. The number of hydrogen-bond acceptors (Lipinski definition) is 4. The minimum atomic E-state index is -0.428. The van der Waals surface area contributed by atoms with E-state index in [1.807, 2.05) is 18.2 Å². The van der Waals surface area contributed by atoms with E-state index in [0.717, 1.165) is 43.1 Å². The lowest BCUT2D eigenvalue weighted by Crippen LogP contribution is -2.53. The molecule has 1 saturated heterocycles. The predicted octanol–water partition coefficient (Wildman–Crippen LogP) is 2.59. The van der Waals surface area contributed by atoms with Crippen LogP contribution in [0.2, 0.25) is 0 Å². The van der Waals surface area contributed by atoms with Crippen LogP contribution in [0.25, 0.3) is 0 Å². The van der Waals surface area contributed by atoms with Crippen LogP contribution in [-0.2, 0) is 4.79 Å². The number of ether oxygens (including phenoxy) is 1. The van der Waals surface area contributed by atoms with Crippen molar-refractivity contribution in [3.8, 4) is 5.75 Å². The van der Waals surface area contributed by atoms with Gasteiger partial charge in [-0.1, -0.05) is 23.8 Å². The smallest absolute Gasteiger partial charge is 0.251 e. The summed E-state index contributed by atoms with van der Waals surface area (Å²) in [5, 5.41) is 0. The SMILES string of the molecule is Cc1ccc(OCCN2C[C@H]3C[C@@H](C2)[C@H](C(=O)N(C)C)n2c3cccc2=O)c(C)c1. The molecule has 2 bridgehead atoms. The number of amides is 1. The Morgan fingerprint density at radius 3 is 2.70 bits per heavy atom. The summed E-state index contributed by atoms with van der Waals surface area (Å²) in [6.07, 6.45) is 0.947. The summed E-state index contributed by atoms with van der Waals surface area (Å²) in [6.45, 7) is 7.26. The zero-order valence-corrected chi connectivity index (χ0v) is 18.3. The topological polar surface area (TPSA) is 54.8 Å². The van der Waals surface area contributed by atoms with Gasteiger partial charge >= 0.3 is 0 Å². The molecule has 0 N–H and O–H groups in total. The highest BCUT2D eigenvalue weighted by Crippen LogP contribution is 2.41. The molecule has 6 heteroatoms. The van der Waals surface area contributed by atoms with Crippen LogP contribution in [0.1, 0.15) is 35.2 Å². The Kier molecular flexibility index (Phi) is 5.69. The van der Waals surface area contributed by atoms with E-state index in [0.29, 0.717) is 6.61 Å². The Bertz CT molecular complexity index is 997. The number of fused-ring (bicyclic) bond motifs is 4. The monoisotopic (exact) mass is 409 g/mol. The van der Waals surface area contributed by atoms with Crippen molar-refractivity contribution in [3.05, 3.63) is 63.6 Å². The lowest BCUT2D eigenvalue weighted by Gasteiger charge is -2.46. The number of rotatable bonds is 5. The molecular formula is C24H31N3O3. The number of likely N-dealkylation sites (tertiary alicyclic amines) is 1. The molecule has 3 atom stereocenters. The predicted molar refractivity (Wildman–Crippen MR) is 117 cm³/mol. The second-order valence-electron chi connectivity index (χ2n) is 8.91. The molecule has 1 aromatic carbocycles. The number of likely N-dealkylation sites (N-methyl/N-ethyl adjacent to an activating group) is 1. The van der Waals surface area contributed by atoms with E-state index < -0.39 is 6.04 Å². The van der Waals surface area contributed by atoms with Crippen molar-refractivity contribution in [1.29, 1.82) is 0 Å². The number of aryl methyl sites for hydroxylation is 2. The molecule has 1 fully saturated rings. The molecule has 3 heterocycles. The molecule has 2 aromatic rings. The zero-order chi connectivity index (χ0) is 21.4. The van der Waals surface area contributed by atoms with Gasteiger partial charge in [0.2, 0.25) is 5.91 Å². The van der Waals surface area contributed by atoms with Crippen LogP contribution in [0, 0.1) is 19.8 Å². The lowest BCUT2D eigenvalue weighted by molar-refractivity contribution is -0.135. The first-order chi connectivity index (χ1) is 14.3. The largest absolute Gasteiger partial charge is 0.492 e. The van der Waals surface area contributed by atoms with Crippen molar-refractivity contribution in [1.82, 2.24) is 14.4 Å². The highest BCUT2D eigenvalue weighted by molar-refractivity contribution is 5.80. The average molecular weight is 410 g/mol. The zero-order valence-electron chi connectivity index (χ0n) is 18.3. The van der Waals surface area contributed by atoms with Gasteiger partial charge in [-0.2, -0.15) is 0 Å². The second-order valence-corrected chi connectivity index (χ2v) is 8.91. The summed E-state index contributed by atoms with van der Waals surface area (Å²) in [6, 6.07) is 11.2. The van der Waals surface area contributed by atoms with Gasteiger partial charge in [0.1, 0.15) is 18.4 Å². The van der Waals surface area contributed by atoms with Crippen LogP contribution >= 0.6 is 0 Å². The lowest BCUT2D eigenvalue weighted by atomic mass is 9.78. The Labute approximate surface area is 178 Å². The third-order valence-electron chi connectivity index (χ3n) is 6.41. The number of hydrogen-bond donors (Lipinski definition) is 0. The molecule has 4 rings (SSSR count). The first kappa shape index (κ1) is 20.7.